The molecule has 0 bridgehead atoms. The van der Waals surface area contributed by atoms with Crippen LogP contribution >= 0.6 is 0 Å². The highest BCUT2D eigenvalue weighted by atomic mass is 32.2. The first kappa shape index (κ1) is 12.3. The molecular formula is C11H17N3O2S. The molecule has 5 nitrogen and oxygen atoms in total. The van der Waals surface area contributed by atoms with Crippen LogP contribution in [0.5, 0.6) is 0 Å². The number of anilines is 1. The first-order valence-electron chi connectivity index (χ1n) is 5.60. The minimum absolute atomic E-state index is 0.102. The Balaban J connectivity index is 2.16. The van der Waals surface area contributed by atoms with Crippen LogP contribution in [0.4, 0.5) is 5.69 Å². The van der Waals surface area contributed by atoms with E-state index in [0.717, 1.165) is 24.0 Å². The molecule has 94 valence electrons. The highest BCUT2D eigenvalue weighted by molar-refractivity contribution is 7.90. The van der Waals surface area contributed by atoms with Gasteiger partial charge in [-0.1, -0.05) is 12.1 Å². The smallest absolute Gasteiger partial charge is 0.299 e. The highest BCUT2D eigenvalue weighted by Crippen LogP contribution is 2.22. The lowest BCUT2D eigenvalue weighted by atomic mass is 10.1. The minimum atomic E-state index is -3.46. The van der Waals surface area contributed by atoms with Gasteiger partial charge in [-0.05, 0) is 37.0 Å². The van der Waals surface area contributed by atoms with Crippen LogP contribution in [0, 0.1) is 6.92 Å². The van der Waals surface area contributed by atoms with E-state index in [0.29, 0.717) is 12.2 Å². The number of aryl methyl sites for hydroxylation is 1. The fourth-order valence-electron chi connectivity index (χ4n) is 1.50. The summed E-state index contributed by atoms with van der Waals surface area (Å²) in [7, 11) is -3.46. The summed E-state index contributed by atoms with van der Waals surface area (Å²) in [5.41, 5.74) is 7.90. The van der Waals surface area contributed by atoms with Gasteiger partial charge in [-0.25, -0.2) is 0 Å². The van der Waals surface area contributed by atoms with Crippen LogP contribution in [-0.4, -0.2) is 14.5 Å². The summed E-state index contributed by atoms with van der Waals surface area (Å²) in [5, 5.41) is 0. The lowest BCUT2D eigenvalue weighted by molar-refractivity contribution is 0.586. The van der Waals surface area contributed by atoms with Gasteiger partial charge in [0.15, 0.2) is 0 Å². The average molecular weight is 255 g/mol. The Bertz CT molecular complexity index is 509. The normalized spacial score (nSPS) is 15.9. The van der Waals surface area contributed by atoms with Gasteiger partial charge in [0.25, 0.3) is 10.2 Å². The van der Waals surface area contributed by atoms with Crippen molar-refractivity contribution in [3.63, 3.8) is 0 Å². The molecule has 0 heterocycles. The van der Waals surface area contributed by atoms with E-state index in [1.54, 1.807) is 6.07 Å². The Morgan fingerprint density at radius 2 is 2.12 bits per heavy atom. The zero-order valence-electron chi connectivity index (χ0n) is 9.73. The second kappa shape index (κ2) is 4.64. The third-order valence-electron chi connectivity index (χ3n) is 2.68. The molecule has 0 unspecified atom stereocenters. The third kappa shape index (κ3) is 3.42. The van der Waals surface area contributed by atoms with E-state index in [2.05, 4.69) is 9.44 Å². The molecule has 0 amide bonds. The molecule has 1 aromatic rings. The molecule has 2 rings (SSSR count). The summed E-state index contributed by atoms with van der Waals surface area (Å²) in [6, 6.07) is 5.62. The maximum absolute atomic E-state index is 11.7. The lowest BCUT2D eigenvalue weighted by Crippen LogP contribution is -2.32. The number of hydrogen-bond acceptors (Lipinski definition) is 3. The van der Waals surface area contributed by atoms with Gasteiger partial charge in [0, 0.05) is 12.6 Å². The van der Waals surface area contributed by atoms with Crippen molar-refractivity contribution in [1.82, 2.24) is 4.72 Å². The largest absolute Gasteiger partial charge is 0.326 e. The van der Waals surface area contributed by atoms with Crippen LogP contribution in [0.1, 0.15) is 24.0 Å². The molecule has 4 N–H and O–H groups in total. The van der Waals surface area contributed by atoms with Crippen molar-refractivity contribution >= 4 is 15.9 Å². The third-order valence-corrected chi connectivity index (χ3v) is 3.81. The van der Waals surface area contributed by atoms with Crippen molar-refractivity contribution < 1.29 is 8.42 Å². The molecule has 0 radical (unpaired) electrons. The van der Waals surface area contributed by atoms with E-state index in [1.165, 1.54) is 0 Å². The second-order valence-electron chi connectivity index (χ2n) is 4.35. The zero-order chi connectivity index (χ0) is 12.5. The Morgan fingerprint density at radius 3 is 2.71 bits per heavy atom. The molecule has 1 saturated carbocycles. The quantitative estimate of drug-likeness (QED) is 0.729. The van der Waals surface area contributed by atoms with Gasteiger partial charge >= 0.3 is 0 Å². The Hall–Kier alpha value is -1.11. The number of benzene rings is 1. The molecule has 0 aliphatic heterocycles. The van der Waals surface area contributed by atoms with E-state index in [9.17, 15) is 8.42 Å². The van der Waals surface area contributed by atoms with Gasteiger partial charge in [0.2, 0.25) is 0 Å². The molecule has 0 atom stereocenters. The molecule has 1 aliphatic carbocycles. The van der Waals surface area contributed by atoms with E-state index in [1.807, 2.05) is 19.1 Å². The topological polar surface area (TPSA) is 84.2 Å². The minimum Gasteiger partial charge on any atom is -0.326 e. The highest BCUT2D eigenvalue weighted by Gasteiger charge is 2.26. The summed E-state index contributed by atoms with van der Waals surface area (Å²) >= 11 is 0. The summed E-state index contributed by atoms with van der Waals surface area (Å²) < 4.78 is 28.6. The molecule has 1 aromatic carbocycles. The molecular weight excluding hydrogens is 238 g/mol. The SMILES string of the molecule is Cc1ccc(CN)cc1NS(=O)(=O)NC1CC1. The van der Waals surface area contributed by atoms with Crippen LogP contribution in [0.2, 0.25) is 0 Å². The molecule has 17 heavy (non-hydrogen) atoms. The zero-order valence-corrected chi connectivity index (χ0v) is 10.5. The van der Waals surface area contributed by atoms with Crippen molar-refractivity contribution in [3.05, 3.63) is 29.3 Å². The van der Waals surface area contributed by atoms with Crippen LogP contribution in [0.15, 0.2) is 18.2 Å². The van der Waals surface area contributed by atoms with Crippen LogP contribution in [0.3, 0.4) is 0 Å². The molecule has 0 aromatic heterocycles. The average Bonchev–Trinajstić information content (AvgIpc) is 3.04. The van der Waals surface area contributed by atoms with Gasteiger partial charge in [0.1, 0.15) is 0 Å². The van der Waals surface area contributed by atoms with Crippen LogP contribution in [0.25, 0.3) is 0 Å². The van der Waals surface area contributed by atoms with E-state index < -0.39 is 10.2 Å². The van der Waals surface area contributed by atoms with Crippen LogP contribution in [-0.2, 0) is 16.8 Å². The summed E-state index contributed by atoms with van der Waals surface area (Å²) in [5.74, 6) is 0. The van der Waals surface area contributed by atoms with Crippen molar-refractivity contribution in [3.8, 4) is 0 Å². The Kier molecular flexibility index (Phi) is 3.37. The van der Waals surface area contributed by atoms with Crippen molar-refractivity contribution in [2.45, 2.75) is 32.4 Å². The van der Waals surface area contributed by atoms with E-state index in [4.69, 9.17) is 5.73 Å². The standard InChI is InChI=1S/C11H17N3O2S/c1-8-2-3-9(7-12)6-11(8)14-17(15,16)13-10-4-5-10/h2-3,6,10,13-14H,4-5,7,12H2,1H3. The fraction of sp³-hybridized carbons (Fsp3) is 0.455. The maximum Gasteiger partial charge on any atom is 0.299 e. The van der Waals surface area contributed by atoms with E-state index in [-0.39, 0.29) is 6.04 Å². The van der Waals surface area contributed by atoms with Crippen molar-refractivity contribution in [1.29, 1.82) is 0 Å². The summed E-state index contributed by atoms with van der Waals surface area (Å²) in [4.78, 5) is 0. The summed E-state index contributed by atoms with van der Waals surface area (Å²) in [6.45, 7) is 2.25. The molecule has 0 spiro atoms. The fourth-order valence-corrected chi connectivity index (χ4v) is 2.74. The monoisotopic (exact) mass is 255 g/mol. The number of hydrogen-bond donors (Lipinski definition) is 3. The Labute approximate surface area is 102 Å². The van der Waals surface area contributed by atoms with Gasteiger partial charge < -0.3 is 5.73 Å². The predicted octanol–water partition coefficient (Wildman–Crippen LogP) is 0.862. The number of nitrogens with one attached hydrogen (secondary N) is 2. The maximum atomic E-state index is 11.7. The Morgan fingerprint density at radius 1 is 1.41 bits per heavy atom. The molecule has 1 aliphatic rings. The first-order valence-corrected chi connectivity index (χ1v) is 7.08. The number of rotatable bonds is 5. The summed E-state index contributed by atoms with van der Waals surface area (Å²) in [6.07, 6.45) is 1.84. The van der Waals surface area contributed by atoms with Gasteiger partial charge in [-0.15, -0.1) is 0 Å². The van der Waals surface area contributed by atoms with Crippen molar-refractivity contribution in [2.75, 3.05) is 4.72 Å². The first-order chi connectivity index (χ1) is 8.00. The van der Waals surface area contributed by atoms with Crippen molar-refractivity contribution in [2.24, 2.45) is 5.73 Å². The molecule has 0 saturated heterocycles. The molecule has 6 heteroatoms. The van der Waals surface area contributed by atoms with Crippen LogP contribution < -0.4 is 15.2 Å². The number of nitrogens with two attached hydrogens (primary N) is 1. The lowest BCUT2D eigenvalue weighted by Gasteiger charge is -2.12. The predicted molar refractivity (Wildman–Crippen MR) is 67.8 cm³/mol. The molecule has 1 fully saturated rings. The second-order valence-corrected chi connectivity index (χ2v) is 5.80. The van der Waals surface area contributed by atoms with E-state index >= 15 is 0 Å². The van der Waals surface area contributed by atoms with Gasteiger partial charge in [-0.2, -0.15) is 13.1 Å². The van der Waals surface area contributed by atoms with Gasteiger partial charge in [-0.3, -0.25) is 4.72 Å². The van der Waals surface area contributed by atoms with Gasteiger partial charge in [0.05, 0.1) is 5.69 Å².